The summed E-state index contributed by atoms with van der Waals surface area (Å²) in [5, 5.41) is 0. The van der Waals surface area contributed by atoms with Gasteiger partial charge >= 0.3 is 0 Å². The molecule has 0 aliphatic heterocycles. The summed E-state index contributed by atoms with van der Waals surface area (Å²) in [7, 11) is -2.34. The second-order valence-electron chi connectivity index (χ2n) is 4.63. The summed E-state index contributed by atoms with van der Waals surface area (Å²) in [6.07, 6.45) is 1.60. The molecule has 0 spiro atoms. The number of hydrogen-bond acceptors (Lipinski definition) is 3. The zero-order chi connectivity index (χ0) is 14.6. The largest absolute Gasteiger partial charge is 0.326 e. The first-order valence-electron chi connectivity index (χ1n) is 6.31. The molecule has 1 unspecified atom stereocenters. The molecule has 1 aromatic carbocycles. The highest BCUT2D eigenvalue weighted by molar-refractivity contribution is 7.89. The number of nitrogens with zero attached hydrogens (tertiary/aromatic N) is 1. The van der Waals surface area contributed by atoms with Crippen molar-refractivity contribution in [1.29, 1.82) is 0 Å². The van der Waals surface area contributed by atoms with Crippen LogP contribution in [-0.4, -0.2) is 25.8 Å². The van der Waals surface area contributed by atoms with Crippen LogP contribution in [0.5, 0.6) is 0 Å². The van der Waals surface area contributed by atoms with Gasteiger partial charge in [0.1, 0.15) is 10.7 Å². The Morgan fingerprint density at radius 2 is 2.05 bits per heavy atom. The first kappa shape index (κ1) is 16.1. The Morgan fingerprint density at radius 1 is 1.42 bits per heavy atom. The maximum absolute atomic E-state index is 13.8. The number of nitrogens with two attached hydrogens (primary N) is 1. The van der Waals surface area contributed by atoms with E-state index in [0.29, 0.717) is 5.56 Å². The Bertz CT molecular complexity index is 531. The number of halogens is 1. The molecule has 0 saturated heterocycles. The molecule has 1 rings (SSSR count). The average molecular weight is 288 g/mol. The molecular formula is C13H21FN2O2S. The monoisotopic (exact) mass is 288 g/mol. The second kappa shape index (κ2) is 6.45. The van der Waals surface area contributed by atoms with E-state index < -0.39 is 15.8 Å². The third-order valence-corrected chi connectivity index (χ3v) is 5.20. The van der Waals surface area contributed by atoms with Crippen molar-refractivity contribution in [1.82, 2.24) is 4.31 Å². The normalized spacial score (nSPS) is 13.8. The fourth-order valence-corrected chi connectivity index (χ4v) is 3.37. The van der Waals surface area contributed by atoms with E-state index in [9.17, 15) is 12.8 Å². The molecule has 4 nitrogen and oxygen atoms in total. The summed E-state index contributed by atoms with van der Waals surface area (Å²) < 4.78 is 39.7. The van der Waals surface area contributed by atoms with Crippen molar-refractivity contribution >= 4 is 10.0 Å². The lowest BCUT2D eigenvalue weighted by Gasteiger charge is -2.24. The van der Waals surface area contributed by atoms with E-state index in [0.717, 1.165) is 18.9 Å². The van der Waals surface area contributed by atoms with Gasteiger partial charge in [0.25, 0.3) is 0 Å². The number of benzene rings is 1. The van der Waals surface area contributed by atoms with Crippen LogP contribution in [0.15, 0.2) is 23.1 Å². The van der Waals surface area contributed by atoms with E-state index in [4.69, 9.17) is 5.73 Å². The Balaban J connectivity index is 3.19. The molecule has 1 aromatic rings. The lowest BCUT2D eigenvalue weighted by atomic mass is 10.2. The maximum atomic E-state index is 13.8. The first-order valence-corrected chi connectivity index (χ1v) is 7.75. The van der Waals surface area contributed by atoms with E-state index in [-0.39, 0.29) is 17.5 Å². The van der Waals surface area contributed by atoms with Crippen LogP contribution < -0.4 is 5.73 Å². The minimum atomic E-state index is -3.82. The Hall–Kier alpha value is -0.980. The zero-order valence-corrected chi connectivity index (χ0v) is 12.4. The van der Waals surface area contributed by atoms with E-state index >= 15 is 0 Å². The maximum Gasteiger partial charge on any atom is 0.245 e. The topological polar surface area (TPSA) is 63.4 Å². The average Bonchev–Trinajstić information content (AvgIpc) is 2.38. The van der Waals surface area contributed by atoms with E-state index in [1.165, 1.54) is 23.5 Å². The Kier molecular flexibility index (Phi) is 5.46. The SMILES string of the molecule is CCCC(C)N(C)S(=O)(=O)c1cc(CN)ccc1F. The quantitative estimate of drug-likeness (QED) is 0.872. The number of rotatable bonds is 6. The van der Waals surface area contributed by atoms with Crippen LogP contribution in [0, 0.1) is 5.82 Å². The third-order valence-electron chi connectivity index (χ3n) is 3.22. The standard InChI is InChI=1S/C13H21FN2O2S/c1-4-5-10(2)16(3)19(17,18)13-8-11(9-15)6-7-12(13)14/h6-8,10H,4-5,9,15H2,1-3H3. The van der Waals surface area contributed by atoms with Crippen molar-refractivity contribution in [2.24, 2.45) is 5.73 Å². The van der Waals surface area contributed by atoms with Crippen molar-refractivity contribution in [2.45, 2.75) is 44.2 Å². The van der Waals surface area contributed by atoms with Crippen LogP contribution in [0.25, 0.3) is 0 Å². The first-order chi connectivity index (χ1) is 8.84. The predicted octanol–water partition coefficient (Wildman–Crippen LogP) is 2.09. The molecule has 0 saturated carbocycles. The van der Waals surface area contributed by atoms with Gasteiger partial charge < -0.3 is 5.73 Å². The van der Waals surface area contributed by atoms with Crippen LogP contribution in [0.4, 0.5) is 4.39 Å². The predicted molar refractivity (Wildman–Crippen MR) is 73.6 cm³/mol. The molecule has 0 radical (unpaired) electrons. The fraction of sp³-hybridized carbons (Fsp3) is 0.538. The van der Waals surface area contributed by atoms with Gasteiger partial charge in [-0.25, -0.2) is 12.8 Å². The summed E-state index contributed by atoms with van der Waals surface area (Å²) >= 11 is 0. The van der Waals surface area contributed by atoms with Crippen molar-refractivity contribution in [3.63, 3.8) is 0 Å². The molecule has 0 fully saturated rings. The zero-order valence-electron chi connectivity index (χ0n) is 11.6. The smallest absolute Gasteiger partial charge is 0.245 e. The number of hydrogen-bond donors (Lipinski definition) is 1. The molecule has 0 aromatic heterocycles. The molecule has 2 N–H and O–H groups in total. The van der Waals surface area contributed by atoms with Gasteiger partial charge in [0.05, 0.1) is 0 Å². The van der Waals surface area contributed by atoms with Gasteiger partial charge in [-0.2, -0.15) is 4.31 Å². The molecule has 0 aliphatic rings. The molecule has 0 heterocycles. The fourth-order valence-electron chi connectivity index (χ4n) is 1.86. The van der Waals surface area contributed by atoms with Gasteiger partial charge in [0.15, 0.2) is 0 Å². The van der Waals surface area contributed by atoms with Gasteiger partial charge in [-0.15, -0.1) is 0 Å². The highest BCUT2D eigenvalue weighted by Gasteiger charge is 2.27. The van der Waals surface area contributed by atoms with Gasteiger partial charge in [-0.1, -0.05) is 19.4 Å². The molecule has 0 bridgehead atoms. The lowest BCUT2D eigenvalue weighted by molar-refractivity contribution is 0.366. The third kappa shape index (κ3) is 3.52. The van der Waals surface area contributed by atoms with Crippen LogP contribution in [0.3, 0.4) is 0 Å². The summed E-state index contributed by atoms with van der Waals surface area (Å²) in [6, 6.07) is 3.77. The molecule has 0 aliphatic carbocycles. The van der Waals surface area contributed by atoms with Gasteiger partial charge in [0, 0.05) is 19.6 Å². The molecular weight excluding hydrogens is 267 g/mol. The van der Waals surface area contributed by atoms with E-state index in [1.54, 1.807) is 0 Å². The summed E-state index contributed by atoms with van der Waals surface area (Å²) in [5.74, 6) is -0.743. The van der Waals surface area contributed by atoms with E-state index in [1.807, 2.05) is 13.8 Å². The number of sulfonamides is 1. The van der Waals surface area contributed by atoms with Gasteiger partial charge in [-0.3, -0.25) is 0 Å². The molecule has 6 heteroatoms. The van der Waals surface area contributed by atoms with Crippen LogP contribution in [-0.2, 0) is 16.6 Å². The highest BCUT2D eigenvalue weighted by atomic mass is 32.2. The minimum Gasteiger partial charge on any atom is -0.326 e. The lowest BCUT2D eigenvalue weighted by Crippen LogP contribution is -2.35. The van der Waals surface area contributed by atoms with Crippen molar-refractivity contribution < 1.29 is 12.8 Å². The molecule has 108 valence electrons. The highest BCUT2D eigenvalue weighted by Crippen LogP contribution is 2.22. The van der Waals surface area contributed by atoms with Crippen molar-refractivity contribution in [2.75, 3.05) is 7.05 Å². The molecule has 0 amide bonds. The van der Waals surface area contributed by atoms with Crippen molar-refractivity contribution in [3.05, 3.63) is 29.6 Å². The van der Waals surface area contributed by atoms with Gasteiger partial charge in [-0.05, 0) is 31.0 Å². The Morgan fingerprint density at radius 3 is 2.58 bits per heavy atom. The second-order valence-corrected chi connectivity index (χ2v) is 6.59. The van der Waals surface area contributed by atoms with Crippen molar-refractivity contribution in [3.8, 4) is 0 Å². The summed E-state index contributed by atoms with van der Waals surface area (Å²) in [5.41, 5.74) is 6.06. The molecule has 1 atom stereocenters. The minimum absolute atomic E-state index is 0.170. The molecule has 19 heavy (non-hydrogen) atoms. The van der Waals surface area contributed by atoms with Gasteiger partial charge in [0.2, 0.25) is 10.0 Å². The van der Waals surface area contributed by atoms with E-state index in [2.05, 4.69) is 0 Å². The summed E-state index contributed by atoms with van der Waals surface area (Å²) in [6.45, 7) is 3.97. The van der Waals surface area contributed by atoms with Crippen LogP contribution in [0.2, 0.25) is 0 Å². The van der Waals surface area contributed by atoms with Crippen LogP contribution in [0.1, 0.15) is 32.3 Å². The summed E-state index contributed by atoms with van der Waals surface area (Å²) in [4.78, 5) is -0.305. The Labute approximate surface area is 114 Å². The van der Waals surface area contributed by atoms with Crippen LogP contribution >= 0.6 is 0 Å².